The molecule has 0 saturated heterocycles. The van der Waals surface area contributed by atoms with Gasteiger partial charge in [0.15, 0.2) is 0 Å². The lowest BCUT2D eigenvalue weighted by atomic mass is 10.1. The van der Waals surface area contributed by atoms with Crippen LogP contribution < -0.4 is 0 Å². The van der Waals surface area contributed by atoms with Crippen LogP contribution in [0.5, 0.6) is 0 Å². The van der Waals surface area contributed by atoms with Gasteiger partial charge in [-0.25, -0.2) is 0 Å². The molecule has 6 heteroatoms. The average Bonchev–Trinajstić information content (AvgIpc) is 2.26. The molecule has 4 nitrogen and oxygen atoms in total. The van der Waals surface area contributed by atoms with Gasteiger partial charge in [0, 0.05) is 28.1 Å². The predicted octanol–water partition coefficient (Wildman–Crippen LogP) is 3.00. The lowest BCUT2D eigenvalue weighted by Gasteiger charge is -2.19. The van der Waals surface area contributed by atoms with E-state index in [2.05, 4.69) is 31.9 Å². The Morgan fingerprint density at radius 2 is 1.78 bits per heavy atom. The Hall–Kier alpha value is -0.880. The molecular formula is C12H13Br2NO3. The van der Waals surface area contributed by atoms with Crippen LogP contribution in [-0.2, 0) is 4.79 Å². The molecule has 0 fully saturated rings. The summed E-state index contributed by atoms with van der Waals surface area (Å²) in [6.07, 6.45) is 0. The molecule has 1 atom stereocenters. The van der Waals surface area contributed by atoms with Crippen molar-refractivity contribution in [2.75, 3.05) is 13.6 Å². The lowest BCUT2D eigenvalue weighted by molar-refractivity contribution is -0.141. The highest BCUT2D eigenvalue weighted by molar-refractivity contribution is 9.11. The second kappa shape index (κ2) is 6.33. The van der Waals surface area contributed by atoms with Crippen molar-refractivity contribution in [2.24, 2.45) is 5.92 Å². The second-order valence-corrected chi connectivity index (χ2v) is 5.91. The highest BCUT2D eigenvalue weighted by Gasteiger charge is 2.18. The van der Waals surface area contributed by atoms with Gasteiger partial charge in [-0.2, -0.15) is 0 Å². The number of aliphatic carboxylic acids is 1. The molecule has 0 radical (unpaired) electrons. The molecule has 98 valence electrons. The van der Waals surface area contributed by atoms with Crippen molar-refractivity contribution in [1.29, 1.82) is 0 Å². The third kappa shape index (κ3) is 4.10. The molecular weight excluding hydrogens is 366 g/mol. The van der Waals surface area contributed by atoms with Crippen molar-refractivity contribution in [3.63, 3.8) is 0 Å². The van der Waals surface area contributed by atoms with E-state index in [1.165, 1.54) is 4.90 Å². The molecule has 0 spiro atoms. The zero-order valence-corrected chi connectivity index (χ0v) is 13.2. The van der Waals surface area contributed by atoms with E-state index in [-0.39, 0.29) is 12.5 Å². The summed E-state index contributed by atoms with van der Waals surface area (Å²) in [5.41, 5.74) is 0.510. The van der Waals surface area contributed by atoms with Gasteiger partial charge in [-0.3, -0.25) is 9.59 Å². The molecule has 0 aliphatic rings. The van der Waals surface area contributed by atoms with Crippen LogP contribution >= 0.6 is 31.9 Å². The molecule has 0 heterocycles. The molecule has 0 aromatic heterocycles. The second-order valence-electron chi connectivity index (χ2n) is 4.08. The minimum Gasteiger partial charge on any atom is -0.481 e. The van der Waals surface area contributed by atoms with Crippen molar-refractivity contribution in [3.8, 4) is 0 Å². The summed E-state index contributed by atoms with van der Waals surface area (Å²) in [5.74, 6) is -1.70. The van der Waals surface area contributed by atoms with Crippen molar-refractivity contribution in [1.82, 2.24) is 4.90 Å². The summed E-state index contributed by atoms with van der Waals surface area (Å²) in [4.78, 5) is 24.3. The van der Waals surface area contributed by atoms with Gasteiger partial charge >= 0.3 is 5.97 Å². The summed E-state index contributed by atoms with van der Waals surface area (Å²) in [6.45, 7) is 1.75. The SMILES string of the molecule is CC(CN(C)C(=O)c1cc(Br)cc(Br)c1)C(=O)O. The van der Waals surface area contributed by atoms with Crippen LogP contribution in [-0.4, -0.2) is 35.5 Å². The third-order valence-corrected chi connectivity index (χ3v) is 3.34. The van der Waals surface area contributed by atoms with Crippen LogP contribution in [0, 0.1) is 5.92 Å². The average molecular weight is 379 g/mol. The number of hydrogen-bond donors (Lipinski definition) is 1. The van der Waals surface area contributed by atoms with Crippen molar-refractivity contribution >= 4 is 43.7 Å². The van der Waals surface area contributed by atoms with Gasteiger partial charge in [-0.1, -0.05) is 38.8 Å². The zero-order chi connectivity index (χ0) is 13.9. The van der Waals surface area contributed by atoms with E-state index in [0.717, 1.165) is 8.95 Å². The number of carbonyl (C=O) groups excluding carboxylic acids is 1. The molecule has 1 amide bonds. The van der Waals surface area contributed by atoms with Gasteiger partial charge < -0.3 is 10.0 Å². The van der Waals surface area contributed by atoms with Gasteiger partial charge in [-0.05, 0) is 18.2 Å². The number of benzene rings is 1. The first-order chi connectivity index (χ1) is 8.31. The Morgan fingerprint density at radius 3 is 2.22 bits per heavy atom. The van der Waals surface area contributed by atoms with E-state index in [0.29, 0.717) is 5.56 Å². The summed E-state index contributed by atoms with van der Waals surface area (Å²) in [7, 11) is 1.59. The highest BCUT2D eigenvalue weighted by atomic mass is 79.9. The summed E-state index contributed by atoms with van der Waals surface area (Å²) >= 11 is 6.62. The number of amides is 1. The Labute approximate surface area is 122 Å². The number of carboxylic acids is 1. The zero-order valence-electron chi connectivity index (χ0n) is 9.98. The molecule has 0 saturated carbocycles. The number of nitrogens with zero attached hydrogens (tertiary/aromatic N) is 1. The lowest BCUT2D eigenvalue weighted by Crippen LogP contribution is -2.33. The molecule has 18 heavy (non-hydrogen) atoms. The minimum atomic E-state index is -0.912. The van der Waals surface area contributed by atoms with Gasteiger partial charge in [-0.15, -0.1) is 0 Å². The summed E-state index contributed by atoms with van der Waals surface area (Å²) in [5, 5.41) is 8.82. The first-order valence-corrected chi connectivity index (χ1v) is 6.84. The molecule has 1 N–H and O–H groups in total. The fourth-order valence-electron chi connectivity index (χ4n) is 1.47. The number of hydrogen-bond acceptors (Lipinski definition) is 2. The quantitative estimate of drug-likeness (QED) is 0.876. The standard InChI is InChI=1S/C12H13Br2NO3/c1-7(12(17)18)6-15(2)11(16)8-3-9(13)5-10(14)4-8/h3-5,7H,6H2,1-2H3,(H,17,18). The van der Waals surface area contributed by atoms with Crippen molar-refractivity contribution < 1.29 is 14.7 Å². The molecule has 1 unspecified atom stereocenters. The van der Waals surface area contributed by atoms with Crippen LogP contribution in [0.15, 0.2) is 27.1 Å². The Bertz CT molecular complexity index is 456. The highest BCUT2D eigenvalue weighted by Crippen LogP contribution is 2.21. The maximum atomic E-state index is 12.1. The van der Waals surface area contributed by atoms with Crippen molar-refractivity contribution in [3.05, 3.63) is 32.7 Å². The van der Waals surface area contributed by atoms with Crippen LogP contribution in [0.3, 0.4) is 0 Å². The Kier molecular flexibility index (Phi) is 5.34. The summed E-state index contributed by atoms with van der Waals surface area (Å²) in [6, 6.07) is 5.24. The fraction of sp³-hybridized carbons (Fsp3) is 0.333. The first kappa shape index (κ1) is 15.2. The molecule has 1 aromatic rings. The molecule has 0 aliphatic carbocycles. The fourth-order valence-corrected chi connectivity index (χ4v) is 2.76. The number of halogens is 2. The predicted molar refractivity (Wildman–Crippen MR) is 75.6 cm³/mol. The van der Waals surface area contributed by atoms with E-state index in [4.69, 9.17) is 5.11 Å². The molecule has 0 bridgehead atoms. The van der Waals surface area contributed by atoms with Crippen LogP contribution in [0.4, 0.5) is 0 Å². The monoisotopic (exact) mass is 377 g/mol. The number of rotatable bonds is 4. The Morgan fingerprint density at radius 1 is 1.28 bits per heavy atom. The number of carbonyl (C=O) groups is 2. The maximum Gasteiger partial charge on any atom is 0.308 e. The van der Waals surface area contributed by atoms with E-state index in [9.17, 15) is 9.59 Å². The molecule has 0 aliphatic heterocycles. The summed E-state index contributed by atoms with van der Waals surface area (Å²) < 4.78 is 1.58. The Balaban J connectivity index is 2.83. The number of carboxylic acid groups (broad SMARTS) is 1. The first-order valence-electron chi connectivity index (χ1n) is 5.25. The molecule has 1 rings (SSSR count). The third-order valence-electron chi connectivity index (χ3n) is 2.43. The van der Waals surface area contributed by atoms with Gasteiger partial charge in [0.25, 0.3) is 5.91 Å². The normalized spacial score (nSPS) is 12.0. The molecule has 1 aromatic carbocycles. The van der Waals surface area contributed by atoms with E-state index in [1.54, 1.807) is 26.1 Å². The van der Waals surface area contributed by atoms with E-state index >= 15 is 0 Å². The smallest absolute Gasteiger partial charge is 0.308 e. The van der Waals surface area contributed by atoms with Crippen molar-refractivity contribution in [2.45, 2.75) is 6.92 Å². The van der Waals surface area contributed by atoms with Crippen LogP contribution in [0.2, 0.25) is 0 Å². The topological polar surface area (TPSA) is 57.6 Å². The minimum absolute atomic E-state index is 0.179. The van der Waals surface area contributed by atoms with E-state index < -0.39 is 11.9 Å². The van der Waals surface area contributed by atoms with Gasteiger partial charge in [0.2, 0.25) is 0 Å². The maximum absolute atomic E-state index is 12.1. The van der Waals surface area contributed by atoms with E-state index in [1.807, 2.05) is 6.07 Å². The largest absolute Gasteiger partial charge is 0.481 e. The van der Waals surface area contributed by atoms with Crippen LogP contribution in [0.25, 0.3) is 0 Å². The van der Waals surface area contributed by atoms with Gasteiger partial charge in [0.05, 0.1) is 5.92 Å². The van der Waals surface area contributed by atoms with Gasteiger partial charge in [0.1, 0.15) is 0 Å². The van der Waals surface area contributed by atoms with Crippen LogP contribution in [0.1, 0.15) is 17.3 Å².